The lowest BCUT2D eigenvalue weighted by atomic mass is 9.86. The molecule has 0 unspecified atom stereocenters. The van der Waals surface area contributed by atoms with Gasteiger partial charge in [-0.15, -0.1) is 0 Å². The average Bonchev–Trinajstić information content (AvgIpc) is 2.69. The molecular formula is C26H24. The summed E-state index contributed by atoms with van der Waals surface area (Å²) in [5.74, 6) is 0. The predicted molar refractivity (Wildman–Crippen MR) is 115 cm³/mol. The van der Waals surface area contributed by atoms with Gasteiger partial charge in [-0.25, -0.2) is 0 Å². The molecule has 128 valence electrons. The smallest absolute Gasteiger partial charge is 0.00236 e. The molecule has 0 bridgehead atoms. The van der Waals surface area contributed by atoms with Gasteiger partial charge < -0.3 is 0 Å². The summed E-state index contributed by atoms with van der Waals surface area (Å²) < 4.78 is 0. The first-order valence-corrected chi connectivity index (χ1v) is 9.95. The molecule has 0 atom stereocenters. The van der Waals surface area contributed by atoms with Crippen LogP contribution < -0.4 is 0 Å². The molecule has 0 aliphatic heterocycles. The molecule has 0 amide bonds. The van der Waals surface area contributed by atoms with Crippen LogP contribution in [0.1, 0.15) is 38.2 Å². The number of hydrogen-bond acceptors (Lipinski definition) is 0. The quantitative estimate of drug-likeness (QED) is 0.174. The molecule has 0 radical (unpaired) electrons. The Kier molecular flexibility index (Phi) is 3.78. The van der Waals surface area contributed by atoms with E-state index in [2.05, 4.69) is 73.7 Å². The third-order valence-electron chi connectivity index (χ3n) is 5.90. The average molecular weight is 336 g/mol. The van der Waals surface area contributed by atoms with Crippen LogP contribution in [0.3, 0.4) is 0 Å². The third kappa shape index (κ3) is 2.29. The monoisotopic (exact) mass is 336 g/mol. The Hall–Kier alpha value is -2.60. The fourth-order valence-corrected chi connectivity index (χ4v) is 4.68. The Morgan fingerprint density at radius 2 is 1.19 bits per heavy atom. The highest BCUT2D eigenvalue weighted by Gasteiger charge is 2.14. The molecule has 0 saturated heterocycles. The lowest BCUT2D eigenvalue weighted by Gasteiger charge is -2.17. The first kappa shape index (κ1) is 15.6. The molecule has 0 nitrogen and oxygen atoms in total. The van der Waals surface area contributed by atoms with Crippen molar-refractivity contribution in [1.82, 2.24) is 0 Å². The molecule has 0 aromatic heterocycles. The van der Waals surface area contributed by atoms with Crippen LogP contribution in [0.15, 0.2) is 66.7 Å². The van der Waals surface area contributed by atoms with E-state index in [0.29, 0.717) is 0 Å². The summed E-state index contributed by atoms with van der Waals surface area (Å²) in [6, 6.07) is 25.0. The van der Waals surface area contributed by atoms with Crippen molar-refractivity contribution in [2.45, 2.75) is 39.0 Å². The van der Waals surface area contributed by atoms with Crippen LogP contribution in [-0.2, 0) is 6.42 Å². The van der Waals surface area contributed by atoms with Crippen LogP contribution in [0.25, 0.3) is 43.1 Å². The zero-order valence-electron chi connectivity index (χ0n) is 15.4. The van der Waals surface area contributed by atoms with E-state index in [1.807, 2.05) is 0 Å². The fourth-order valence-electron chi connectivity index (χ4n) is 4.68. The van der Waals surface area contributed by atoms with Crippen LogP contribution >= 0.6 is 0 Å². The topological polar surface area (TPSA) is 0 Å². The first-order valence-electron chi connectivity index (χ1n) is 9.95. The molecular weight excluding hydrogens is 312 g/mol. The summed E-state index contributed by atoms with van der Waals surface area (Å²) in [6.45, 7) is 2.28. The minimum Gasteiger partial charge on any atom is -0.0654 e. The van der Waals surface area contributed by atoms with E-state index in [-0.39, 0.29) is 0 Å². The normalized spacial score (nSPS) is 12.0. The van der Waals surface area contributed by atoms with Crippen LogP contribution in [0, 0.1) is 0 Å². The van der Waals surface area contributed by atoms with Crippen LogP contribution in [0.4, 0.5) is 0 Å². The summed E-state index contributed by atoms with van der Waals surface area (Å²) >= 11 is 0. The van der Waals surface area contributed by atoms with Gasteiger partial charge in [0, 0.05) is 0 Å². The van der Waals surface area contributed by atoms with Gasteiger partial charge in [0.1, 0.15) is 0 Å². The molecule has 0 aliphatic rings. The van der Waals surface area contributed by atoms with Crippen molar-refractivity contribution in [2.24, 2.45) is 0 Å². The Labute approximate surface area is 154 Å². The maximum absolute atomic E-state index is 2.38. The van der Waals surface area contributed by atoms with Gasteiger partial charge in [0.2, 0.25) is 0 Å². The highest BCUT2D eigenvalue weighted by molar-refractivity contribution is 6.33. The van der Waals surface area contributed by atoms with Crippen LogP contribution in [-0.4, -0.2) is 0 Å². The maximum atomic E-state index is 2.38. The van der Waals surface area contributed by atoms with Gasteiger partial charge in [-0.05, 0) is 61.5 Å². The third-order valence-corrected chi connectivity index (χ3v) is 5.90. The number of aryl methyl sites for hydroxylation is 1. The van der Waals surface area contributed by atoms with Crippen molar-refractivity contribution in [3.05, 3.63) is 72.3 Å². The summed E-state index contributed by atoms with van der Waals surface area (Å²) in [6.07, 6.45) is 6.43. The van der Waals surface area contributed by atoms with Gasteiger partial charge >= 0.3 is 0 Å². The van der Waals surface area contributed by atoms with Gasteiger partial charge in [0.15, 0.2) is 0 Å². The van der Waals surface area contributed by atoms with Crippen molar-refractivity contribution in [1.29, 1.82) is 0 Å². The number of hydrogen-bond donors (Lipinski definition) is 0. The molecule has 5 aromatic carbocycles. The van der Waals surface area contributed by atoms with E-state index in [0.717, 1.165) is 0 Å². The van der Waals surface area contributed by atoms with Crippen LogP contribution in [0.2, 0.25) is 0 Å². The Morgan fingerprint density at radius 3 is 1.92 bits per heavy atom. The second-order valence-electron chi connectivity index (χ2n) is 7.52. The lowest BCUT2D eigenvalue weighted by molar-refractivity contribution is 0.668. The van der Waals surface area contributed by atoms with E-state index < -0.39 is 0 Å². The second kappa shape index (κ2) is 6.29. The van der Waals surface area contributed by atoms with Gasteiger partial charge in [0.25, 0.3) is 0 Å². The van der Waals surface area contributed by atoms with Crippen LogP contribution in [0.5, 0.6) is 0 Å². The SMILES string of the molecule is CCCCCCc1ccc2cccc3c4cccc5cccc(c1c23)c54. The predicted octanol–water partition coefficient (Wildman–Crippen LogP) is 7.86. The van der Waals surface area contributed by atoms with Crippen molar-refractivity contribution in [3.63, 3.8) is 0 Å². The highest BCUT2D eigenvalue weighted by atomic mass is 14.2. The zero-order valence-corrected chi connectivity index (χ0v) is 15.4. The van der Waals surface area contributed by atoms with Gasteiger partial charge in [-0.2, -0.15) is 0 Å². The summed E-state index contributed by atoms with van der Waals surface area (Å²) in [4.78, 5) is 0. The van der Waals surface area contributed by atoms with E-state index in [1.165, 1.54) is 80.8 Å². The van der Waals surface area contributed by atoms with E-state index in [4.69, 9.17) is 0 Å². The number of fused-ring (bicyclic) bond motifs is 2. The zero-order chi connectivity index (χ0) is 17.5. The minimum absolute atomic E-state index is 1.18. The van der Waals surface area contributed by atoms with Gasteiger partial charge in [-0.1, -0.05) is 92.9 Å². The minimum atomic E-state index is 1.18. The fraction of sp³-hybridized carbons (Fsp3) is 0.231. The summed E-state index contributed by atoms with van der Waals surface area (Å²) in [5, 5.41) is 11.3. The second-order valence-corrected chi connectivity index (χ2v) is 7.52. The van der Waals surface area contributed by atoms with Crippen molar-refractivity contribution in [2.75, 3.05) is 0 Å². The number of rotatable bonds is 5. The molecule has 0 saturated carbocycles. The van der Waals surface area contributed by atoms with E-state index >= 15 is 0 Å². The van der Waals surface area contributed by atoms with Crippen molar-refractivity contribution >= 4 is 43.1 Å². The molecule has 0 fully saturated rings. The van der Waals surface area contributed by atoms with E-state index in [1.54, 1.807) is 0 Å². The van der Waals surface area contributed by atoms with E-state index in [9.17, 15) is 0 Å². The molecule has 0 heteroatoms. The van der Waals surface area contributed by atoms with Gasteiger partial charge in [-0.3, -0.25) is 0 Å². The van der Waals surface area contributed by atoms with Crippen molar-refractivity contribution < 1.29 is 0 Å². The summed E-state index contributed by atoms with van der Waals surface area (Å²) in [7, 11) is 0. The maximum Gasteiger partial charge on any atom is -0.00236 e. The highest BCUT2D eigenvalue weighted by Crippen LogP contribution is 2.41. The molecule has 5 rings (SSSR count). The number of benzene rings is 5. The Balaban J connectivity index is 1.88. The van der Waals surface area contributed by atoms with Crippen molar-refractivity contribution in [3.8, 4) is 0 Å². The number of unbranched alkanes of at least 4 members (excludes halogenated alkanes) is 3. The largest absolute Gasteiger partial charge is 0.0654 e. The summed E-state index contributed by atoms with van der Waals surface area (Å²) in [5.41, 5.74) is 1.52. The van der Waals surface area contributed by atoms with Gasteiger partial charge in [0.05, 0.1) is 0 Å². The Morgan fingerprint density at radius 1 is 0.538 bits per heavy atom. The first-order chi connectivity index (χ1) is 12.9. The molecule has 5 aromatic rings. The molecule has 0 heterocycles. The molecule has 26 heavy (non-hydrogen) atoms. The standard InChI is InChI=1S/C26H24/c1-2-3-4-5-9-19-16-17-20-12-7-14-22-21-13-6-10-18-11-8-15-23(24(18)21)26(19)25(20)22/h6-8,10-17H,2-5,9H2,1H3. The molecule has 0 spiro atoms. The molecule has 0 aliphatic carbocycles. The Bertz CT molecular complexity index is 1210. The lowest BCUT2D eigenvalue weighted by Crippen LogP contribution is -1.93. The molecule has 0 N–H and O–H groups in total.